The predicted octanol–water partition coefficient (Wildman–Crippen LogP) is 3.19. The molecule has 0 aliphatic carbocycles. The lowest BCUT2D eigenvalue weighted by atomic mass is 10.2. The van der Waals surface area contributed by atoms with Crippen LogP contribution in [0.3, 0.4) is 0 Å². The van der Waals surface area contributed by atoms with E-state index in [1.54, 1.807) is 42.7 Å². The summed E-state index contributed by atoms with van der Waals surface area (Å²) in [6.45, 7) is 0.368. The van der Waals surface area contributed by atoms with Gasteiger partial charge >= 0.3 is 0 Å². The normalized spacial score (nSPS) is 10.5. The number of pyridine rings is 1. The van der Waals surface area contributed by atoms with Gasteiger partial charge in [-0.1, -0.05) is 36.4 Å². The zero-order chi connectivity index (χ0) is 18.7. The molecular formula is C21H19N3O3. The molecule has 3 rings (SSSR count). The average Bonchev–Trinajstić information content (AvgIpc) is 2.73. The molecule has 0 fully saturated rings. The van der Waals surface area contributed by atoms with Gasteiger partial charge in [0.2, 0.25) is 0 Å². The average molecular weight is 361 g/mol. The van der Waals surface area contributed by atoms with Crippen LogP contribution in [0.2, 0.25) is 0 Å². The highest BCUT2D eigenvalue weighted by atomic mass is 16.5. The lowest BCUT2D eigenvalue weighted by molar-refractivity contribution is -0.123. The van der Waals surface area contributed by atoms with Crippen LogP contribution in [0.15, 0.2) is 84.2 Å². The fraction of sp³-hybridized carbons (Fsp3) is 0.0952. The molecule has 0 spiro atoms. The van der Waals surface area contributed by atoms with Crippen molar-refractivity contribution in [2.45, 2.75) is 6.61 Å². The summed E-state index contributed by atoms with van der Waals surface area (Å²) in [5.41, 5.74) is 4.30. The van der Waals surface area contributed by atoms with Crippen LogP contribution < -0.4 is 14.9 Å². The summed E-state index contributed by atoms with van der Waals surface area (Å²) in [6.07, 6.45) is 4.83. The van der Waals surface area contributed by atoms with Crippen molar-refractivity contribution in [2.24, 2.45) is 5.10 Å². The number of rotatable bonds is 8. The van der Waals surface area contributed by atoms with Crippen molar-refractivity contribution in [3.05, 3.63) is 90.3 Å². The Balaban J connectivity index is 1.40. The van der Waals surface area contributed by atoms with Gasteiger partial charge in [-0.25, -0.2) is 5.43 Å². The summed E-state index contributed by atoms with van der Waals surface area (Å²) in [6, 6.07) is 20.7. The summed E-state index contributed by atoms with van der Waals surface area (Å²) in [4.78, 5) is 15.7. The molecule has 1 heterocycles. The van der Waals surface area contributed by atoms with Gasteiger partial charge in [0.15, 0.2) is 6.61 Å². The topological polar surface area (TPSA) is 72.8 Å². The number of nitrogens with zero attached hydrogens (tertiary/aromatic N) is 2. The summed E-state index contributed by atoms with van der Waals surface area (Å²) in [5.74, 6) is 0.963. The number of hydrogen-bond donors (Lipinski definition) is 1. The van der Waals surface area contributed by atoms with Crippen LogP contribution in [-0.4, -0.2) is 23.7 Å². The van der Waals surface area contributed by atoms with Crippen LogP contribution in [0, 0.1) is 0 Å². The van der Waals surface area contributed by atoms with E-state index in [1.807, 2.05) is 36.4 Å². The molecule has 27 heavy (non-hydrogen) atoms. The first-order chi connectivity index (χ1) is 13.3. The largest absolute Gasteiger partial charge is 0.489 e. The third-order valence-corrected chi connectivity index (χ3v) is 3.53. The molecule has 0 unspecified atom stereocenters. The second-order valence-electron chi connectivity index (χ2n) is 5.61. The van der Waals surface area contributed by atoms with Gasteiger partial charge < -0.3 is 9.47 Å². The Morgan fingerprint density at radius 3 is 2.41 bits per heavy atom. The number of hydrazone groups is 1. The molecular weight excluding hydrogens is 342 g/mol. The van der Waals surface area contributed by atoms with E-state index in [4.69, 9.17) is 9.47 Å². The summed E-state index contributed by atoms with van der Waals surface area (Å²) >= 11 is 0. The zero-order valence-electron chi connectivity index (χ0n) is 14.6. The highest BCUT2D eigenvalue weighted by Crippen LogP contribution is 2.18. The van der Waals surface area contributed by atoms with E-state index in [0.29, 0.717) is 12.4 Å². The molecule has 3 aromatic rings. The van der Waals surface area contributed by atoms with E-state index >= 15 is 0 Å². The Bertz CT molecular complexity index is 866. The van der Waals surface area contributed by atoms with Gasteiger partial charge in [-0.2, -0.15) is 5.10 Å². The van der Waals surface area contributed by atoms with Crippen molar-refractivity contribution in [3.63, 3.8) is 0 Å². The third-order valence-electron chi connectivity index (χ3n) is 3.53. The molecule has 0 bridgehead atoms. The van der Waals surface area contributed by atoms with Crippen LogP contribution in [0.5, 0.6) is 11.5 Å². The van der Waals surface area contributed by atoms with Gasteiger partial charge in [-0.05, 0) is 35.9 Å². The number of carbonyl (C=O) groups is 1. The van der Waals surface area contributed by atoms with E-state index in [9.17, 15) is 4.79 Å². The van der Waals surface area contributed by atoms with Crippen LogP contribution >= 0.6 is 0 Å². The van der Waals surface area contributed by atoms with Crippen LogP contribution in [-0.2, 0) is 11.4 Å². The second kappa shape index (κ2) is 9.72. The monoisotopic (exact) mass is 361 g/mol. The lowest BCUT2D eigenvalue weighted by Crippen LogP contribution is -2.24. The molecule has 0 radical (unpaired) electrons. The molecule has 1 aromatic heterocycles. The molecule has 0 aliphatic rings. The highest BCUT2D eigenvalue weighted by Gasteiger charge is 2.02. The molecule has 2 aromatic carbocycles. The molecule has 0 saturated carbocycles. The number of aromatic nitrogens is 1. The van der Waals surface area contributed by atoms with Crippen LogP contribution in [0.1, 0.15) is 11.1 Å². The Hall–Kier alpha value is -3.67. The Labute approximate surface area is 157 Å². The number of nitrogens with one attached hydrogen (secondary N) is 1. The summed E-state index contributed by atoms with van der Waals surface area (Å²) in [5, 5.41) is 3.86. The smallest absolute Gasteiger partial charge is 0.277 e. The minimum atomic E-state index is -0.348. The van der Waals surface area contributed by atoms with Gasteiger partial charge in [-0.3, -0.25) is 9.78 Å². The highest BCUT2D eigenvalue weighted by molar-refractivity contribution is 5.82. The van der Waals surface area contributed by atoms with E-state index in [-0.39, 0.29) is 12.5 Å². The Morgan fingerprint density at radius 2 is 1.70 bits per heavy atom. The van der Waals surface area contributed by atoms with Crippen molar-refractivity contribution >= 4 is 12.1 Å². The Morgan fingerprint density at radius 1 is 0.963 bits per heavy atom. The lowest BCUT2D eigenvalue weighted by Gasteiger charge is -2.08. The maximum atomic E-state index is 11.7. The number of amides is 1. The summed E-state index contributed by atoms with van der Waals surface area (Å²) in [7, 11) is 0. The maximum Gasteiger partial charge on any atom is 0.277 e. The van der Waals surface area contributed by atoms with Crippen LogP contribution in [0.25, 0.3) is 0 Å². The van der Waals surface area contributed by atoms with E-state index in [2.05, 4.69) is 15.5 Å². The van der Waals surface area contributed by atoms with Crippen LogP contribution in [0.4, 0.5) is 0 Å². The first-order valence-electron chi connectivity index (χ1n) is 8.41. The number of hydrogen-bond acceptors (Lipinski definition) is 5. The maximum absolute atomic E-state index is 11.7. The number of carbonyl (C=O) groups excluding carboxylic acids is 1. The molecule has 1 N–H and O–H groups in total. The van der Waals surface area contributed by atoms with Crippen molar-refractivity contribution in [3.8, 4) is 11.5 Å². The quantitative estimate of drug-likeness (QED) is 0.494. The molecule has 0 saturated heterocycles. The van der Waals surface area contributed by atoms with Gasteiger partial charge in [0.25, 0.3) is 5.91 Å². The summed E-state index contributed by atoms with van der Waals surface area (Å²) < 4.78 is 11.1. The second-order valence-corrected chi connectivity index (χ2v) is 5.61. The minimum Gasteiger partial charge on any atom is -0.489 e. The Kier molecular flexibility index (Phi) is 6.53. The molecule has 6 heteroatoms. The number of benzene rings is 2. The SMILES string of the molecule is O=C(COc1ccc(OCc2ccccc2)cc1)N/N=C/c1cccnc1. The minimum absolute atomic E-state index is 0.130. The van der Waals surface area contributed by atoms with Crippen molar-refractivity contribution in [1.82, 2.24) is 10.4 Å². The van der Waals surface area contributed by atoms with Gasteiger partial charge in [0, 0.05) is 18.0 Å². The first-order valence-corrected chi connectivity index (χ1v) is 8.41. The van der Waals surface area contributed by atoms with E-state index in [1.165, 1.54) is 6.21 Å². The number of ether oxygens (including phenoxy) is 2. The van der Waals surface area contributed by atoms with E-state index < -0.39 is 0 Å². The van der Waals surface area contributed by atoms with Crippen molar-refractivity contribution < 1.29 is 14.3 Å². The van der Waals surface area contributed by atoms with Crippen molar-refractivity contribution in [2.75, 3.05) is 6.61 Å². The van der Waals surface area contributed by atoms with Crippen molar-refractivity contribution in [1.29, 1.82) is 0 Å². The predicted molar refractivity (Wildman–Crippen MR) is 103 cm³/mol. The third kappa shape index (κ3) is 6.28. The standard InChI is InChI=1S/C21H19N3O3/c25-21(24-23-14-18-7-4-12-22-13-18)16-27-20-10-8-19(9-11-20)26-15-17-5-2-1-3-6-17/h1-14H,15-16H2,(H,24,25)/b23-14+. The van der Waals surface area contributed by atoms with Gasteiger partial charge in [0.05, 0.1) is 6.21 Å². The molecule has 1 amide bonds. The van der Waals surface area contributed by atoms with E-state index in [0.717, 1.165) is 16.9 Å². The molecule has 136 valence electrons. The fourth-order valence-electron chi connectivity index (χ4n) is 2.19. The molecule has 6 nitrogen and oxygen atoms in total. The fourth-order valence-corrected chi connectivity index (χ4v) is 2.19. The zero-order valence-corrected chi connectivity index (χ0v) is 14.6. The molecule has 0 atom stereocenters. The van der Waals surface area contributed by atoms with Gasteiger partial charge in [0.1, 0.15) is 18.1 Å². The molecule has 0 aliphatic heterocycles. The van der Waals surface area contributed by atoms with Gasteiger partial charge in [-0.15, -0.1) is 0 Å². The first kappa shape index (κ1) is 18.1.